The Labute approximate surface area is 134 Å². The van der Waals surface area contributed by atoms with Gasteiger partial charge in [-0.2, -0.15) is 0 Å². The zero-order valence-electron chi connectivity index (χ0n) is 13.2. The topological polar surface area (TPSA) is 49.4 Å². The number of benzene rings is 2. The van der Waals surface area contributed by atoms with E-state index < -0.39 is 0 Å². The Balaban J connectivity index is 1.93. The SMILES string of the molecule is CC(=O)c1cccc(NC(=O)CN(C)Cc2ccccc2F)c1. The van der Waals surface area contributed by atoms with Crippen LogP contribution in [0.15, 0.2) is 48.5 Å². The molecular formula is C18H19FN2O2. The summed E-state index contributed by atoms with van der Waals surface area (Å²) in [5.74, 6) is -0.559. The summed E-state index contributed by atoms with van der Waals surface area (Å²) in [5.41, 5.74) is 1.66. The summed E-state index contributed by atoms with van der Waals surface area (Å²) in [4.78, 5) is 25.1. The van der Waals surface area contributed by atoms with E-state index in [1.165, 1.54) is 13.0 Å². The van der Waals surface area contributed by atoms with Gasteiger partial charge in [0.1, 0.15) is 5.82 Å². The molecule has 0 unspecified atom stereocenters. The van der Waals surface area contributed by atoms with Crippen LogP contribution in [0.4, 0.5) is 10.1 Å². The molecular weight excluding hydrogens is 295 g/mol. The predicted octanol–water partition coefficient (Wildman–Crippen LogP) is 3.10. The van der Waals surface area contributed by atoms with Crippen molar-refractivity contribution in [2.45, 2.75) is 13.5 Å². The number of Topliss-reactive ketones (excluding diaryl/α,β-unsaturated/α-hetero) is 1. The Morgan fingerprint density at radius 1 is 1.13 bits per heavy atom. The minimum absolute atomic E-state index is 0.0576. The molecule has 2 aromatic rings. The van der Waals surface area contributed by atoms with Crippen molar-refractivity contribution in [1.29, 1.82) is 0 Å². The molecule has 0 aliphatic heterocycles. The highest BCUT2D eigenvalue weighted by molar-refractivity contribution is 5.97. The molecule has 0 saturated carbocycles. The number of anilines is 1. The maximum Gasteiger partial charge on any atom is 0.238 e. The van der Waals surface area contributed by atoms with E-state index in [4.69, 9.17) is 0 Å². The average molecular weight is 314 g/mol. The molecule has 0 atom stereocenters. The number of halogens is 1. The minimum atomic E-state index is -0.283. The second-order valence-corrected chi connectivity index (χ2v) is 5.45. The zero-order valence-corrected chi connectivity index (χ0v) is 13.2. The van der Waals surface area contributed by atoms with Crippen LogP contribution >= 0.6 is 0 Å². The molecule has 1 N–H and O–H groups in total. The predicted molar refractivity (Wildman–Crippen MR) is 87.8 cm³/mol. The Kier molecular flexibility index (Phi) is 5.60. The first-order valence-electron chi connectivity index (χ1n) is 7.28. The summed E-state index contributed by atoms with van der Waals surface area (Å²) in [5, 5.41) is 2.74. The monoisotopic (exact) mass is 314 g/mol. The summed E-state index contributed by atoms with van der Waals surface area (Å²) in [6, 6.07) is 13.3. The highest BCUT2D eigenvalue weighted by Crippen LogP contribution is 2.12. The van der Waals surface area contributed by atoms with Crippen molar-refractivity contribution >= 4 is 17.4 Å². The maximum absolute atomic E-state index is 13.6. The summed E-state index contributed by atoms with van der Waals surface area (Å²) in [7, 11) is 1.75. The van der Waals surface area contributed by atoms with Crippen molar-refractivity contribution in [1.82, 2.24) is 4.90 Å². The first-order chi connectivity index (χ1) is 11.0. The van der Waals surface area contributed by atoms with Gasteiger partial charge in [-0.1, -0.05) is 30.3 Å². The van der Waals surface area contributed by atoms with Crippen molar-refractivity contribution in [3.63, 3.8) is 0 Å². The lowest BCUT2D eigenvalue weighted by Crippen LogP contribution is -2.30. The Bertz CT molecular complexity index is 716. The van der Waals surface area contributed by atoms with E-state index >= 15 is 0 Å². The fourth-order valence-electron chi connectivity index (χ4n) is 2.23. The van der Waals surface area contributed by atoms with Crippen LogP contribution in [0.5, 0.6) is 0 Å². The van der Waals surface area contributed by atoms with Gasteiger partial charge in [-0.05, 0) is 32.2 Å². The van der Waals surface area contributed by atoms with Crippen LogP contribution < -0.4 is 5.32 Å². The Morgan fingerprint density at radius 3 is 2.57 bits per heavy atom. The van der Waals surface area contributed by atoms with Gasteiger partial charge in [-0.15, -0.1) is 0 Å². The zero-order chi connectivity index (χ0) is 16.8. The lowest BCUT2D eigenvalue weighted by atomic mass is 10.1. The Hall–Kier alpha value is -2.53. The van der Waals surface area contributed by atoms with Crippen LogP contribution in [0.2, 0.25) is 0 Å². The molecule has 1 amide bonds. The standard InChI is InChI=1S/C18H19FN2O2/c1-13(22)14-7-5-8-16(10-14)20-18(23)12-21(2)11-15-6-3-4-9-17(15)19/h3-10H,11-12H2,1-2H3,(H,20,23). The number of hydrogen-bond acceptors (Lipinski definition) is 3. The summed E-state index contributed by atoms with van der Waals surface area (Å²) < 4.78 is 13.6. The third kappa shape index (κ3) is 5.00. The lowest BCUT2D eigenvalue weighted by molar-refractivity contribution is -0.117. The van der Waals surface area contributed by atoms with E-state index in [1.54, 1.807) is 54.4 Å². The number of carbonyl (C=O) groups excluding carboxylic acids is 2. The number of ketones is 1. The molecule has 0 aromatic heterocycles. The van der Waals surface area contributed by atoms with Gasteiger partial charge >= 0.3 is 0 Å². The van der Waals surface area contributed by atoms with E-state index in [9.17, 15) is 14.0 Å². The average Bonchev–Trinajstić information content (AvgIpc) is 2.49. The van der Waals surface area contributed by atoms with E-state index in [-0.39, 0.29) is 24.1 Å². The summed E-state index contributed by atoms with van der Waals surface area (Å²) in [6.07, 6.45) is 0. The van der Waals surface area contributed by atoms with Gasteiger partial charge in [0.15, 0.2) is 5.78 Å². The highest BCUT2D eigenvalue weighted by Gasteiger charge is 2.10. The van der Waals surface area contributed by atoms with Crippen LogP contribution in [0.1, 0.15) is 22.8 Å². The summed E-state index contributed by atoms with van der Waals surface area (Å²) in [6.45, 7) is 1.94. The molecule has 2 aromatic carbocycles. The van der Waals surface area contributed by atoms with Crippen LogP contribution in [0, 0.1) is 5.82 Å². The maximum atomic E-state index is 13.6. The fourth-order valence-corrected chi connectivity index (χ4v) is 2.23. The van der Waals surface area contributed by atoms with Gasteiger partial charge in [0, 0.05) is 23.4 Å². The van der Waals surface area contributed by atoms with Gasteiger partial charge in [-0.25, -0.2) is 4.39 Å². The molecule has 0 aliphatic carbocycles. The number of rotatable bonds is 6. The number of likely N-dealkylation sites (N-methyl/N-ethyl adjacent to an activating group) is 1. The van der Waals surface area contributed by atoms with Gasteiger partial charge in [-0.3, -0.25) is 14.5 Å². The van der Waals surface area contributed by atoms with E-state index in [0.717, 1.165) is 0 Å². The third-order valence-electron chi connectivity index (χ3n) is 3.36. The molecule has 0 saturated heterocycles. The van der Waals surface area contributed by atoms with Gasteiger partial charge in [0.05, 0.1) is 6.54 Å². The smallest absolute Gasteiger partial charge is 0.238 e. The molecule has 0 bridgehead atoms. The van der Waals surface area contributed by atoms with E-state index in [0.29, 0.717) is 23.4 Å². The van der Waals surface area contributed by atoms with Crippen LogP contribution in [0.3, 0.4) is 0 Å². The van der Waals surface area contributed by atoms with Crippen LogP contribution in [-0.4, -0.2) is 30.2 Å². The molecule has 0 spiro atoms. The first-order valence-corrected chi connectivity index (χ1v) is 7.28. The third-order valence-corrected chi connectivity index (χ3v) is 3.36. The number of carbonyl (C=O) groups is 2. The molecule has 5 heteroatoms. The van der Waals surface area contributed by atoms with Gasteiger partial charge in [0.2, 0.25) is 5.91 Å². The van der Waals surface area contributed by atoms with Crippen LogP contribution in [0.25, 0.3) is 0 Å². The van der Waals surface area contributed by atoms with Crippen molar-refractivity contribution < 1.29 is 14.0 Å². The minimum Gasteiger partial charge on any atom is -0.325 e. The van der Waals surface area contributed by atoms with Crippen LogP contribution in [-0.2, 0) is 11.3 Å². The fraction of sp³-hybridized carbons (Fsp3) is 0.222. The quantitative estimate of drug-likeness (QED) is 0.834. The normalized spacial score (nSPS) is 10.6. The number of hydrogen-bond donors (Lipinski definition) is 1. The second-order valence-electron chi connectivity index (χ2n) is 5.45. The number of amides is 1. The molecule has 0 radical (unpaired) electrons. The summed E-state index contributed by atoms with van der Waals surface area (Å²) >= 11 is 0. The molecule has 23 heavy (non-hydrogen) atoms. The van der Waals surface area contributed by atoms with E-state index in [2.05, 4.69) is 5.32 Å². The van der Waals surface area contributed by atoms with Crippen molar-refractivity contribution in [2.75, 3.05) is 18.9 Å². The van der Waals surface area contributed by atoms with E-state index in [1.807, 2.05) is 0 Å². The first kappa shape index (κ1) is 16.8. The molecule has 2 rings (SSSR count). The number of nitrogens with zero attached hydrogens (tertiary/aromatic N) is 1. The second kappa shape index (κ2) is 7.65. The molecule has 0 fully saturated rings. The molecule has 120 valence electrons. The molecule has 0 heterocycles. The van der Waals surface area contributed by atoms with Gasteiger partial charge < -0.3 is 5.32 Å². The highest BCUT2D eigenvalue weighted by atomic mass is 19.1. The largest absolute Gasteiger partial charge is 0.325 e. The lowest BCUT2D eigenvalue weighted by Gasteiger charge is -2.17. The van der Waals surface area contributed by atoms with Crippen molar-refractivity contribution in [3.8, 4) is 0 Å². The molecule has 0 aliphatic rings. The van der Waals surface area contributed by atoms with Gasteiger partial charge in [0.25, 0.3) is 0 Å². The Morgan fingerprint density at radius 2 is 1.87 bits per heavy atom. The van der Waals surface area contributed by atoms with Crippen molar-refractivity contribution in [3.05, 3.63) is 65.5 Å². The number of nitrogens with one attached hydrogen (secondary N) is 1. The molecule has 4 nitrogen and oxygen atoms in total. The van der Waals surface area contributed by atoms with Crippen molar-refractivity contribution in [2.24, 2.45) is 0 Å².